The van der Waals surface area contributed by atoms with E-state index in [0.717, 1.165) is 67.0 Å². The van der Waals surface area contributed by atoms with Gasteiger partial charge in [-0.1, -0.05) is 127 Å². The predicted octanol–water partition coefficient (Wildman–Crippen LogP) is 12.6. The van der Waals surface area contributed by atoms with Crippen LogP contribution in [0.5, 0.6) is 0 Å². The number of para-hydroxylation sites is 2. The van der Waals surface area contributed by atoms with Gasteiger partial charge in [-0.05, 0) is 71.9 Å². The van der Waals surface area contributed by atoms with Crippen LogP contribution in [0.1, 0.15) is 27.7 Å². The number of aryl methyl sites for hydroxylation is 1. The largest absolute Gasteiger partial charge is 0.557 e. The van der Waals surface area contributed by atoms with Gasteiger partial charge in [-0.15, -0.1) is 42.0 Å². The summed E-state index contributed by atoms with van der Waals surface area (Å²) >= 11 is 0. The van der Waals surface area contributed by atoms with Crippen LogP contribution in [0.3, 0.4) is 0 Å². The molecule has 3 aromatic heterocycles. The van der Waals surface area contributed by atoms with Gasteiger partial charge in [0.15, 0.2) is 0 Å². The number of nitrogens with zero attached hydrogens (tertiary/aromatic N) is 3. The minimum Gasteiger partial charge on any atom is -0.557 e. The molecule has 0 bridgehead atoms. The second-order valence-corrected chi connectivity index (χ2v) is 13.3. The van der Waals surface area contributed by atoms with Crippen molar-refractivity contribution < 1.29 is 27.3 Å². The van der Waals surface area contributed by atoms with Crippen LogP contribution >= 0.6 is 0 Å². The summed E-state index contributed by atoms with van der Waals surface area (Å²) in [7, 11) is 0. The third-order valence-corrected chi connectivity index (χ3v) is 9.05. The van der Waals surface area contributed by atoms with Gasteiger partial charge >= 0.3 is 0 Å². The Morgan fingerprint density at radius 3 is 2.06 bits per heavy atom. The smallest absolute Gasteiger partial charge is 0.0774 e. The maximum Gasteiger partial charge on any atom is 0.0774 e. The average Bonchev–Trinajstić information content (AvgIpc) is 3.83. The Morgan fingerprint density at radius 1 is 0.741 bits per heavy atom. The maximum absolute atomic E-state index is 8.61. The van der Waals surface area contributed by atoms with Crippen LogP contribution < -0.4 is 0 Å². The second-order valence-electron chi connectivity index (χ2n) is 13.3. The molecule has 9 rings (SSSR count). The molecule has 0 atom stereocenters. The molecule has 0 spiro atoms. The summed E-state index contributed by atoms with van der Waals surface area (Å²) in [5.74, 6) is 0.541. The van der Waals surface area contributed by atoms with E-state index in [9.17, 15) is 0 Å². The molecule has 0 saturated heterocycles. The minimum absolute atomic E-state index is 0. The summed E-state index contributed by atoms with van der Waals surface area (Å²) in [5.41, 5.74) is 12.4. The first-order valence-corrected chi connectivity index (χ1v) is 17.9. The van der Waals surface area contributed by atoms with Crippen molar-refractivity contribution in [1.29, 1.82) is 0 Å². The van der Waals surface area contributed by atoms with E-state index >= 15 is 0 Å². The summed E-state index contributed by atoms with van der Waals surface area (Å²) in [6.45, 7) is 5.92. The van der Waals surface area contributed by atoms with Gasteiger partial charge in [-0.3, -0.25) is 4.98 Å². The number of rotatable bonds is 7. The zero-order chi connectivity index (χ0) is 37.9. The molecule has 0 amide bonds. The van der Waals surface area contributed by atoms with Crippen molar-refractivity contribution in [1.82, 2.24) is 14.5 Å². The Labute approximate surface area is 333 Å². The molecule has 0 N–H and O–H groups in total. The fourth-order valence-corrected chi connectivity index (χ4v) is 6.75. The Bertz CT molecular complexity index is 2610. The van der Waals surface area contributed by atoms with Gasteiger partial charge in [-0.25, -0.2) is 0 Å². The van der Waals surface area contributed by atoms with Crippen LogP contribution in [0.25, 0.3) is 72.6 Å². The average molecular weight is 880 g/mol. The molecule has 9 aromatic rings. The molecule has 0 fully saturated rings. The van der Waals surface area contributed by atoms with Gasteiger partial charge in [0.2, 0.25) is 0 Å². The first-order valence-electron chi connectivity index (χ1n) is 18.9. The first kappa shape index (κ1) is 33.9. The number of hydrogen-bond acceptors (Lipinski definition) is 3. The fraction of sp³-hybridized carbons (Fsp3) is 0.102. The van der Waals surface area contributed by atoms with E-state index < -0.39 is 6.37 Å². The third-order valence-electron chi connectivity index (χ3n) is 9.05. The van der Waals surface area contributed by atoms with Crippen LogP contribution in [0, 0.1) is 25.2 Å². The van der Waals surface area contributed by atoms with Crippen molar-refractivity contribution in [2.45, 2.75) is 27.1 Å². The summed E-state index contributed by atoms with van der Waals surface area (Å²) in [4.78, 5) is 9.39. The topological polar surface area (TPSA) is 43.9 Å². The number of imidazole rings is 1. The van der Waals surface area contributed by atoms with Crippen molar-refractivity contribution in [2.75, 3.05) is 0 Å². The van der Waals surface area contributed by atoms with E-state index in [-0.39, 0.29) is 26.0 Å². The zero-order valence-corrected chi connectivity index (χ0v) is 32.6. The molecule has 5 heteroatoms. The molecular weight excluding hydrogens is 839 g/mol. The molecule has 54 heavy (non-hydrogen) atoms. The van der Waals surface area contributed by atoms with E-state index in [2.05, 4.69) is 95.5 Å². The van der Waals surface area contributed by atoms with Gasteiger partial charge in [0, 0.05) is 52.0 Å². The van der Waals surface area contributed by atoms with Crippen LogP contribution in [-0.4, -0.2) is 14.5 Å². The van der Waals surface area contributed by atoms with Crippen LogP contribution in [0.4, 0.5) is 0 Å². The SMILES string of the molecule is [2H]C([2H])(c1ccc2c(-c3nc4ccccc4n3-c3c(-c4ccccc4)cc(C)cc3-c3ccccc3)[c-]oc2c1)C(C)C.[Ir].[c-]1ccccc1-c1ccccn1. The standard InChI is InChI=1S/C38H31N2O.C11H8N.Ir/c1-25(2)20-27-18-19-30-33(24-41-36(30)23-27)38-39-34-16-10-11-17-35(34)40(38)37-31(28-12-6-4-7-13-28)21-26(3)22-32(37)29-14-8-5-9-15-29;1-2-6-10(7-3-1)11-8-4-5-9-12-11;/h4-19,21-23,25H,20H2,1-3H3;1-6,8-9H;/q2*-1;/i20D2;;. The second kappa shape index (κ2) is 16.4. The number of hydrogen-bond donors (Lipinski definition) is 0. The van der Waals surface area contributed by atoms with Crippen molar-refractivity contribution in [2.24, 2.45) is 5.92 Å². The summed E-state index contributed by atoms with van der Waals surface area (Å²) in [6, 6.07) is 56.0. The Morgan fingerprint density at radius 2 is 1.41 bits per heavy atom. The predicted molar refractivity (Wildman–Crippen MR) is 218 cm³/mol. The van der Waals surface area contributed by atoms with E-state index in [1.165, 1.54) is 5.56 Å². The molecule has 0 aliphatic heterocycles. The monoisotopic (exact) mass is 880 g/mol. The number of aromatic nitrogens is 3. The third kappa shape index (κ3) is 7.61. The summed E-state index contributed by atoms with van der Waals surface area (Å²) < 4.78 is 25.5. The minimum atomic E-state index is -1.48. The molecule has 4 nitrogen and oxygen atoms in total. The van der Waals surface area contributed by atoms with Crippen LogP contribution in [0.2, 0.25) is 0 Å². The Balaban J connectivity index is 0.000000315. The van der Waals surface area contributed by atoms with Crippen LogP contribution in [-0.2, 0) is 26.5 Å². The molecule has 0 aliphatic rings. The number of furan rings is 1. The zero-order valence-electron chi connectivity index (χ0n) is 32.2. The van der Waals surface area contributed by atoms with Crippen molar-refractivity contribution in [3.05, 3.63) is 187 Å². The van der Waals surface area contributed by atoms with E-state index in [1.807, 2.05) is 98.8 Å². The molecule has 3 heterocycles. The van der Waals surface area contributed by atoms with Gasteiger partial charge in [0.25, 0.3) is 0 Å². The van der Waals surface area contributed by atoms with Gasteiger partial charge < -0.3 is 14.0 Å². The summed E-state index contributed by atoms with van der Waals surface area (Å²) in [5, 5.41) is 0.842. The van der Waals surface area contributed by atoms with Gasteiger partial charge in [-0.2, -0.15) is 0 Å². The van der Waals surface area contributed by atoms with Crippen LogP contribution in [0.15, 0.2) is 168 Å². The number of benzene rings is 6. The van der Waals surface area contributed by atoms with Crippen molar-refractivity contribution in [3.8, 4) is 50.6 Å². The van der Waals surface area contributed by atoms with E-state index in [4.69, 9.17) is 12.1 Å². The Hall–Kier alpha value is -5.87. The molecular formula is C49H39IrN3O-2. The quantitative estimate of drug-likeness (QED) is 0.150. The molecule has 0 aliphatic carbocycles. The molecule has 1 radical (unpaired) electrons. The Kier molecular flexibility index (Phi) is 10.3. The normalized spacial score (nSPS) is 11.8. The molecule has 0 saturated carbocycles. The maximum atomic E-state index is 8.61. The molecule has 267 valence electrons. The van der Waals surface area contributed by atoms with E-state index in [0.29, 0.717) is 11.1 Å². The fourth-order valence-electron chi connectivity index (χ4n) is 6.75. The summed E-state index contributed by atoms with van der Waals surface area (Å²) in [6.07, 6.45) is 3.47. The van der Waals surface area contributed by atoms with Crippen molar-refractivity contribution in [3.63, 3.8) is 0 Å². The number of pyridine rings is 1. The molecule has 0 unspecified atom stereocenters. The number of fused-ring (bicyclic) bond motifs is 2. The van der Waals surface area contributed by atoms with Crippen molar-refractivity contribution >= 4 is 22.0 Å². The van der Waals surface area contributed by atoms with Gasteiger partial charge in [0.1, 0.15) is 0 Å². The molecule has 6 aromatic carbocycles. The van der Waals surface area contributed by atoms with Gasteiger partial charge in [0.05, 0.1) is 22.5 Å². The van der Waals surface area contributed by atoms with E-state index in [1.54, 1.807) is 12.3 Å². The first-order chi connectivity index (χ1) is 26.8.